The number of rotatable bonds is 6. The van der Waals surface area contributed by atoms with Gasteiger partial charge in [-0.3, -0.25) is 0 Å². The van der Waals surface area contributed by atoms with Crippen LogP contribution in [0.1, 0.15) is 0 Å². The van der Waals surface area contributed by atoms with Crippen LogP contribution in [0.15, 0.2) is 179 Å². The lowest BCUT2D eigenvalue weighted by Gasteiger charge is -2.26. The SMILES string of the molecule is c1ccc(-c2ccc(-c3cccc(N(c4ccccc4)c4ccc5c(c4)oc4ccc6oc(-c7ccccc7)nc6c45)c3)cc2)cc1. The predicted octanol–water partition coefficient (Wildman–Crippen LogP) is 12.2. The van der Waals surface area contributed by atoms with Crippen molar-refractivity contribution < 1.29 is 8.83 Å². The molecule has 0 spiro atoms. The standard InChI is InChI=1S/C43H28N2O2/c1-4-11-29(12-5-1)30-19-21-31(22-20-30)33-15-10-18-35(27-33)45(34-16-8-3-9-17-34)36-23-24-37-40(28-36)46-38-25-26-39-42(41(37)38)44-43(47-39)32-13-6-2-7-14-32/h1-28H. The van der Waals surface area contributed by atoms with E-state index in [1.54, 1.807) is 0 Å². The molecule has 2 aromatic heterocycles. The number of fused-ring (bicyclic) bond motifs is 5. The highest BCUT2D eigenvalue weighted by molar-refractivity contribution is 6.17. The molecule has 0 atom stereocenters. The number of aromatic nitrogens is 1. The van der Waals surface area contributed by atoms with Gasteiger partial charge in [0.1, 0.15) is 16.7 Å². The smallest absolute Gasteiger partial charge is 0.227 e. The van der Waals surface area contributed by atoms with Gasteiger partial charge >= 0.3 is 0 Å². The fourth-order valence-electron chi connectivity index (χ4n) is 6.42. The Morgan fingerprint density at radius 2 is 0.957 bits per heavy atom. The normalized spacial score (nSPS) is 11.4. The van der Waals surface area contributed by atoms with E-state index in [9.17, 15) is 0 Å². The molecule has 0 unspecified atom stereocenters. The number of hydrogen-bond acceptors (Lipinski definition) is 4. The van der Waals surface area contributed by atoms with Crippen molar-refractivity contribution in [3.8, 4) is 33.7 Å². The molecule has 0 aliphatic rings. The molecule has 0 radical (unpaired) electrons. The van der Waals surface area contributed by atoms with E-state index in [0.29, 0.717) is 5.89 Å². The van der Waals surface area contributed by atoms with E-state index in [1.807, 2.05) is 54.6 Å². The van der Waals surface area contributed by atoms with Crippen LogP contribution in [-0.2, 0) is 0 Å². The summed E-state index contributed by atoms with van der Waals surface area (Å²) in [6.45, 7) is 0. The first-order chi connectivity index (χ1) is 23.3. The van der Waals surface area contributed by atoms with Crippen molar-refractivity contribution >= 4 is 50.1 Å². The highest BCUT2D eigenvalue weighted by Crippen LogP contribution is 2.41. The molecule has 222 valence electrons. The van der Waals surface area contributed by atoms with Crippen molar-refractivity contribution in [2.75, 3.05) is 4.90 Å². The Balaban J connectivity index is 1.13. The Morgan fingerprint density at radius 1 is 0.383 bits per heavy atom. The maximum absolute atomic E-state index is 6.47. The second-order valence-electron chi connectivity index (χ2n) is 11.6. The lowest BCUT2D eigenvalue weighted by Crippen LogP contribution is -2.09. The Kier molecular flexibility index (Phi) is 6.43. The quantitative estimate of drug-likeness (QED) is 0.189. The molecule has 0 N–H and O–H groups in total. The van der Waals surface area contributed by atoms with Gasteiger partial charge in [0.2, 0.25) is 5.89 Å². The molecular weight excluding hydrogens is 576 g/mol. The Morgan fingerprint density at radius 3 is 1.70 bits per heavy atom. The second kappa shape index (κ2) is 11.2. The zero-order chi connectivity index (χ0) is 31.2. The van der Waals surface area contributed by atoms with Gasteiger partial charge in [-0.2, -0.15) is 0 Å². The Hall–Kier alpha value is -6.39. The topological polar surface area (TPSA) is 42.4 Å². The number of hydrogen-bond donors (Lipinski definition) is 0. The average molecular weight is 605 g/mol. The van der Waals surface area contributed by atoms with E-state index in [-0.39, 0.29) is 0 Å². The molecule has 4 nitrogen and oxygen atoms in total. The molecule has 2 heterocycles. The minimum Gasteiger partial charge on any atom is -0.456 e. The number of oxazole rings is 1. The van der Waals surface area contributed by atoms with Gasteiger partial charge in [-0.05, 0) is 82.9 Å². The van der Waals surface area contributed by atoms with Crippen molar-refractivity contribution in [2.24, 2.45) is 0 Å². The van der Waals surface area contributed by atoms with E-state index >= 15 is 0 Å². The van der Waals surface area contributed by atoms with E-state index in [1.165, 1.54) is 16.7 Å². The summed E-state index contributed by atoms with van der Waals surface area (Å²) in [5, 5.41) is 1.96. The van der Waals surface area contributed by atoms with Gasteiger partial charge in [0.05, 0.1) is 5.39 Å². The van der Waals surface area contributed by atoms with Gasteiger partial charge in [0.25, 0.3) is 0 Å². The lowest BCUT2D eigenvalue weighted by molar-refractivity contribution is 0.619. The minimum atomic E-state index is 0.601. The van der Waals surface area contributed by atoms with Gasteiger partial charge in [-0.25, -0.2) is 4.98 Å². The highest BCUT2D eigenvalue weighted by Gasteiger charge is 2.19. The van der Waals surface area contributed by atoms with Crippen LogP contribution in [0.3, 0.4) is 0 Å². The molecule has 0 fully saturated rings. The van der Waals surface area contributed by atoms with Crippen LogP contribution in [0.5, 0.6) is 0 Å². The Bertz CT molecular complexity index is 2500. The molecule has 0 amide bonds. The molecule has 0 aliphatic heterocycles. The molecule has 7 aromatic carbocycles. The Labute approximate surface area is 271 Å². The van der Waals surface area contributed by atoms with Crippen LogP contribution in [0.25, 0.3) is 66.7 Å². The highest BCUT2D eigenvalue weighted by atomic mass is 16.4. The number of furan rings is 1. The molecule has 0 aliphatic carbocycles. The lowest BCUT2D eigenvalue weighted by atomic mass is 10.00. The maximum Gasteiger partial charge on any atom is 0.227 e. The number of nitrogens with zero attached hydrogens (tertiary/aromatic N) is 2. The summed E-state index contributed by atoms with van der Waals surface area (Å²) in [6, 6.07) is 58.7. The first kappa shape index (κ1) is 27.0. The van der Waals surface area contributed by atoms with Crippen LogP contribution in [0, 0.1) is 0 Å². The number of para-hydroxylation sites is 1. The van der Waals surface area contributed by atoms with Gasteiger partial charge in [0.15, 0.2) is 5.58 Å². The average Bonchev–Trinajstić information content (AvgIpc) is 3.75. The first-order valence-electron chi connectivity index (χ1n) is 15.7. The maximum atomic E-state index is 6.47. The zero-order valence-corrected chi connectivity index (χ0v) is 25.4. The van der Waals surface area contributed by atoms with E-state index in [0.717, 1.165) is 61.2 Å². The third-order valence-corrected chi connectivity index (χ3v) is 8.70. The number of benzene rings is 7. The summed E-state index contributed by atoms with van der Waals surface area (Å²) < 4.78 is 12.6. The zero-order valence-electron chi connectivity index (χ0n) is 25.4. The van der Waals surface area contributed by atoms with Crippen molar-refractivity contribution in [1.82, 2.24) is 4.98 Å². The second-order valence-corrected chi connectivity index (χ2v) is 11.6. The fraction of sp³-hybridized carbons (Fsp3) is 0. The molecular formula is C43H28N2O2. The predicted molar refractivity (Wildman–Crippen MR) is 192 cm³/mol. The first-order valence-corrected chi connectivity index (χ1v) is 15.7. The molecule has 9 aromatic rings. The molecule has 47 heavy (non-hydrogen) atoms. The van der Waals surface area contributed by atoms with Gasteiger partial charge in [-0.15, -0.1) is 0 Å². The van der Waals surface area contributed by atoms with Crippen LogP contribution < -0.4 is 4.90 Å². The summed E-state index contributed by atoms with van der Waals surface area (Å²) in [6.07, 6.45) is 0. The van der Waals surface area contributed by atoms with Crippen molar-refractivity contribution in [1.29, 1.82) is 0 Å². The van der Waals surface area contributed by atoms with E-state index < -0.39 is 0 Å². The van der Waals surface area contributed by atoms with Gasteiger partial charge < -0.3 is 13.7 Å². The van der Waals surface area contributed by atoms with E-state index in [2.05, 4.69) is 120 Å². The van der Waals surface area contributed by atoms with Crippen molar-refractivity contribution in [3.05, 3.63) is 170 Å². The third-order valence-electron chi connectivity index (χ3n) is 8.70. The van der Waals surface area contributed by atoms with Gasteiger partial charge in [-0.1, -0.05) is 103 Å². The summed E-state index contributed by atoms with van der Waals surface area (Å²) >= 11 is 0. The largest absolute Gasteiger partial charge is 0.456 e. The molecule has 4 heteroatoms. The minimum absolute atomic E-state index is 0.601. The fourth-order valence-corrected chi connectivity index (χ4v) is 6.42. The summed E-state index contributed by atoms with van der Waals surface area (Å²) in [7, 11) is 0. The van der Waals surface area contributed by atoms with Crippen LogP contribution in [0.2, 0.25) is 0 Å². The third kappa shape index (κ3) is 4.84. The van der Waals surface area contributed by atoms with E-state index in [4.69, 9.17) is 13.8 Å². The van der Waals surface area contributed by atoms with Crippen molar-refractivity contribution in [3.63, 3.8) is 0 Å². The summed E-state index contributed by atoms with van der Waals surface area (Å²) in [4.78, 5) is 7.18. The monoisotopic (exact) mass is 604 g/mol. The molecule has 0 bridgehead atoms. The number of anilines is 3. The molecule has 0 saturated carbocycles. The van der Waals surface area contributed by atoms with Crippen LogP contribution >= 0.6 is 0 Å². The van der Waals surface area contributed by atoms with Crippen molar-refractivity contribution in [2.45, 2.75) is 0 Å². The summed E-state index contributed by atoms with van der Waals surface area (Å²) in [5.74, 6) is 0.601. The van der Waals surface area contributed by atoms with Crippen LogP contribution in [-0.4, -0.2) is 4.98 Å². The molecule has 0 saturated heterocycles. The summed E-state index contributed by atoms with van der Waals surface area (Å²) in [5.41, 5.74) is 11.9. The van der Waals surface area contributed by atoms with Gasteiger partial charge in [0, 0.05) is 34.1 Å². The van der Waals surface area contributed by atoms with Crippen LogP contribution in [0.4, 0.5) is 17.1 Å². The molecule has 9 rings (SSSR count).